The summed E-state index contributed by atoms with van der Waals surface area (Å²) < 4.78 is 10.5. The van der Waals surface area contributed by atoms with Gasteiger partial charge in [0.05, 0.1) is 18.3 Å². The molecule has 1 fully saturated rings. The lowest BCUT2D eigenvalue weighted by Crippen LogP contribution is -2.27. The van der Waals surface area contributed by atoms with Gasteiger partial charge in [-0.2, -0.15) is 0 Å². The number of carbonyl (C=O) groups excluding carboxylic acids is 2. The summed E-state index contributed by atoms with van der Waals surface area (Å²) >= 11 is 5.64. The minimum atomic E-state index is -0.625. The molecule has 145 valence electrons. The van der Waals surface area contributed by atoms with E-state index in [1.165, 1.54) is 4.90 Å². The van der Waals surface area contributed by atoms with Crippen LogP contribution in [0.25, 0.3) is 5.70 Å². The Hall–Kier alpha value is -2.79. The van der Waals surface area contributed by atoms with Crippen LogP contribution in [0.15, 0.2) is 60.7 Å². The Morgan fingerprint density at radius 1 is 1.11 bits per heavy atom. The first kappa shape index (κ1) is 20.0. The standard InChI is InChI=1S/C22H21ClNO4/c23-13-7-8-14-27-21(25)15-19(17-9-3-1-4-10-17)24-20(16-28-22(24)26)18-11-5-2-6-12-18/h1-6,9-12,20H,7-8,13-14,16H2/t20-/m0/s1. The van der Waals surface area contributed by atoms with Gasteiger partial charge in [-0.1, -0.05) is 60.7 Å². The molecule has 1 atom stereocenters. The molecule has 0 unspecified atom stereocenters. The third kappa shape index (κ3) is 4.93. The lowest BCUT2D eigenvalue weighted by Gasteiger charge is -2.24. The second-order valence-electron chi connectivity index (χ2n) is 6.25. The number of unbranched alkanes of at least 4 members (excludes halogenated alkanes) is 1. The van der Waals surface area contributed by atoms with Gasteiger partial charge in [0.2, 0.25) is 0 Å². The number of alkyl halides is 1. The third-order valence-corrected chi connectivity index (χ3v) is 4.59. The molecule has 0 spiro atoms. The van der Waals surface area contributed by atoms with Gasteiger partial charge in [0.1, 0.15) is 12.7 Å². The average Bonchev–Trinajstić information content (AvgIpc) is 3.12. The maximum Gasteiger partial charge on any atom is 0.415 e. The highest BCUT2D eigenvalue weighted by molar-refractivity contribution is 6.17. The number of esters is 1. The molecule has 28 heavy (non-hydrogen) atoms. The van der Waals surface area contributed by atoms with Gasteiger partial charge in [-0.25, -0.2) is 9.59 Å². The zero-order valence-electron chi connectivity index (χ0n) is 15.3. The molecule has 0 aliphatic carbocycles. The predicted octanol–water partition coefficient (Wildman–Crippen LogP) is 4.59. The highest BCUT2D eigenvalue weighted by atomic mass is 35.5. The first-order chi connectivity index (χ1) is 13.7. The van der Waals surface area contributed by atoms with E-state index in [0.717, 1.165) is 12.0 Å². The summed E-state index contributed by atoms with van der Waals surface area (Å²) in [5, 5.41) is 0. The van der Waals surface area contributed by atoms with Gasteiger partial charge in [-0.05, 0) is 24.0 Å². The Bertz CT molecular complexity index is 823. The first-order valence-electron chi connectivity index (χ1n) is 9.13. The fourth-order valence-electron chi connectivity index (χ4n) is 2.95. The average molecular weight is 399 g/mol. The maximum atomic E-state index is 12.5. The van der Waals surface area contributed by atoms with E-state index in [9.17, 15) is 9.59 Å². The largest absolute Gasteiger partial charge is 0.462 e. The van der Waals surface area contributed by atoms with E-state index < -0.39 is 12.1 Å². The Morgan fingerprint density at radius 2 is 1.79 bits per heavy atom. The maximum absolute atomic E-state index is 12.5. The summed E-state index contributed by atoms with van der Waals surface area (Å²) in [6, 6.07) is 18.4. The van der Waals surface area contributed by atoms with Crippen LogP contribution in [0.4, 0.5) is 4.79 Å². The Kier molecular flexibility index (Phi) is 7.09. The molecule has 1 aliphatic rings. The predicted molar refractivity (Wildman–Crippen MR) is 106 cm³/mol. The van der Waals surface area contributed by atoms with Crippen molar-refractivity contribution in [3.8, 4) is 0 Å². The van der Waals surface area contributed by atoms with Crippen molar-refractivity contribution >= 4 is 29.4 Å². The summed E-state index contributed by atoms with van der Waals surface area (Å²) in [4.78, 5) is 26.3. The number of hydrogen-bond acceptors (Lipinski definition) is 4. The van der Waals surface area contributed by atoms with Gasteiger partial charge in [0.15, 0.2) is 0 Å². The van der Waals surface area contributed by atoms with Crippen molar-refractivity contribution in [3.63, 3.8) is 0 Å². The minimum Gasteiger partial charge on any atom is -0.462 e. The molecule has 6 heteroatoms. The van der Waals surface area contributed by atoms with Crippen molar-refractivity contribution in [2.75, 3.05) is 19.1 Å². The minimum absolute atomic E-state index is 0.200. The third-order valence-electron chi connectivity index (χ3n) is 4.33. The van der Waals surface area contributed by atoms with Crippen molar-refractivity contribution in [1.82, 2.24) is 4.90 Å². The smallest absolute Gasteiger partial charge is 0.415 e. The van der Waals surface area contributed by atoms with Gasteiger partial charge in [0.25, 0.3) is 0 Å². The summed E-state index contributed by atoms with van der Waals surface area (Å²) in [5.41, 5.74) is 1.93. The van der Waals surface area contributed by atoms with E-state index in [2.05, 4.69) is 6.08 Å². The molecule has 1 amide bonds. The quantitative estimate of drug-likeness (QED) is 0.282. The summed E-state index contributed by atoms with van der Waals surface area (Å²) in [7, 11) is 0. The number of hydrogen-bond donors (Lipinski definition) is 0. The van der Waals surface area contributed by atoms with Crippen molar-refractivity contribution in [2.24, 2.45) is 0 Å². The number of halogens is 1. The SMILES string of the molecule is O=C([C]=C(c1ccccc1)N1C(=O)OC[C@H]1c1ccccc1)OCCCCCl. The van der Waals surface area contributed by atoms with Gasteiger partial charge in [-0.15, -0.1) is 11.6 Å². The molecule has 0 aromatic heterocycles. The van der Waals surface area contributed by atoms with Gasteiger partial charge in [0, 0.05) is 5.88 Å². The molecule has 2 aromatic rings. The Labute approximate surface area is 169 Å². The number of benzene rings is 2. The zero-order chi connectivity index (χ0) is 19.8. The molecule has 0 bridgehead atoms. The van der Waals surface area contributed by atoms with Crippen LogP contribution in [0.1, 0.15) is 30.0 Å². The van der Waals surface area contributed by atoms with E-state index in [4.69, 9.17) is 21.1 Å². The van der Waals surface area contributed by atoms with Crippen molar-refractivity contribution < 1.29 is 19.1 Å². The highest BCUT2D eigenvalue weighted by Gasteiger charge is 2.37. The number of carbonyl (C=O) groups is 2. The summed E-state index contributed by atoms with van der Waals surface area (Å²) in [6.45, 7) is 0.457. The fraction of sp³-hybridized carbons (Fsp3) is 0.273. The van der Waals surface area contributed by atoms with Crippen LogP contribution in [-0.2, 0) is 14.3 Å². The van der Waals surface area contributed by atoms with Crippen LogP contribution in [0.3, 0.4) is 0 Å². The summed E-state index contributed by atoms with van der Waals surface area (Å²) in [5.74, 6) is -0.106. The van der Waals surface area contributed by atoms with Crippen molar-refractivity contribution in [3.05, 3.63) is 77.9 Å². The second-order valence-corrected chi connectivity index (χ2v) is 6.62. The van der Waals surface area contributed by atoms with Gasteiger partial charge >= 0.3 is 12.1 Å². The molecule has 1 heterocycles. The number of rotatable bonds is 8. The first-order valence-corrected chi connectivity index (χ1v) is 9.67. The molecule has 0 N–H and O–H groups in total. The molecule has 3 rings (SSSR count). The molecule has 2 aromatic carbocycles. The fourth-order valence-corrected chi connectivity index (χ4v) is 3.14. The van der Waals surface area contributed by atoms with Crippen molar-refractivity contribution in [1.29, 1.82) is 0 Å². The molecule has 5 nitrogen and oxygen atoms in total. The topological polar surface area (TPSA) is 55.8 Å². The number of amides is 1. The zero-order valence-corrected chi connectivity index (χ0v) is 16.1. The number of nitrogens with zero attached hydrogens (tertiary/aromatic N) is 1. The van der Waals surface area contributed by atoms with Crippen LogP contribution in [0.2, 0.25) is 0 Å². The number of ether oxygens (including phenoxy) is 2. The Morgan fingerprint density at radius 3 is 2.46 bits per heavy atom. The van der Waals surface area contributed by atoms with Gasteiger partial charge < -0.3 is 9.47 Å². The highest BCUT2D eigenvalue weighted by Crippen LogP contribution is 2.35. The van der Waals surface area contributed by atoms with Crippen LogP contribution < -0.4 is 0 Å². The van der Waals surface area contributed by atoms with E-state index >= 15 is 0 Å². The van der Waals surface area contributed by atoms with Crippen LogP contribution in [0.5, 0.6) is 0 Å². The van der Waals surface area contributed by atoms with Crippen LogP contribution in [-0.4, -0.2) is 36.1 Å². The monoisotopic (exact) mass is 398 g/mol. The molecule has 0 saturated carbocycles. The van der Waals surface area contributed by atoms with E-state index in [-0.39, 0.29) is 19.3 Å². The second kappa shape index (κ2) is 9.95. The van der Waals surface area contributed by atoms with Crippen LogP contribution in [0, 0.1) is 6.08 Å². The summed E-state index contributed by atoms with van der Waals surface area (Å²) in [6.07, 6.45) is 3.65. The molecule has 1 saturated heterocycles. The Balaban J connectivity index is 1.90. The van der Waals surface area contributed by atoms with E-state index in [1.54, 1.807) is 0 Å². The molecule has 1 aliphatic heterocycles. The lowest BCUT2D eigenvalue weighted by atomic mass is 10.0. The van der Waals surface area contributed by atoms with E-state index in [1.807, 2.05) is 60.7 Å². The molecular weight excluding hydrogens is 378 g/mol. The normalized spacial score (nSPS) is 16.8. The van der Waals surface area contributed by atoms with Gasteiger partial charge in [-0.3, -0.25) is 4.90 Å². The van der Waals surface area contributed by atoms with E-state index in [0.29, 0.717) is 23.6 Å². The number of cyclic esters (lactones) is 1. The van der Waals surface area contributed by atoms with Crippen LogP contribution >= 0.6 is 11.6 Å². The molecule has 1 radical (unpaired) electrons. The molecular formula is C22H21ClNO4. The van der Waals surface area contributed by atoms with Crippen molar-refractivity contribution in [2.45, 2.75) is 18.9 Å². The lowest BCUT2D eigenvalue weighted by molar-refractivity contribution is -0.138.